The van der Waals surface area contributed by atoms with E-state index in [1.807, 2.05) is 42.7 Å². The molecule has 1 fully saturated rings. The summed E-state index contributed by atoms with van der Waals surface area (Å²) in [5, 5.41) is 18.2. The lowest BCUT2D eigenvalue weighted by atomic mass is 10.0. The highest BCUT2D eigenvalue weighted by Crippen LogP contribution is 2.55. The smallest absolute Gasteiger partial charge is 0.149 e. The normalized spacial score (nSPS) is 19.5. The van der Waals surface area contributed by atoms with E-state index in [-0.39, 0.29) is 5.75 Å². The Kier molecular flexibility index (Phi) is 3.19. The number of phenols is 1. The molecule has 1 aromatic carbocycles. The maximum atomic E-state index is 10.0. The Hall–Kier alpha value is -2.95. The van der Waals surface area contributed by atoms with Crippen molar-refractivity contribution in [2.45, 2.75) is 18.3 Å². The van der Waals surface area contributed by atoms with E-state index >= 15 is 0 Å². The Labute approximate surface area is 133 Å². The number of anilines is 1. The number of nitrogens with zero attached hydrogens (tertiary/aromatic N) is 3. The third-order valence-electron chi connectivity index (χ3n) is 4.36. The average Bonchev–Trinajstić information content (AvgIpc) is 3.37. The van der Waals surface area contributed by atoms with Crippen LogP contribution in [-0.4, -0.2) is 20.3 Å². The molecule has 1 aliphatic carbocycles. The Morgan fingerprint density at radius 1 is 1.00 bits per heavy atom. The summed E-state index contributed by atoms with van der Waals surface area (Å²) in [6.07, 6.45) is 4.67. The second-order valence-electron chi connectivity index (χ2n) is 5.82. The van der Waals surface area contributed by atoms with E-state index in [4.69, 9.17) is 5.73 Å². The van der Waals surface area contributed by atoms with Gasteiger partial charge in [0.25, 0.3) is 0 Å². The number of nitrogens with two attached hydrogens (primary N) is 1. The minimum absolute atomic E-state index is 0.194. The molecule has 5 heteroatoms. The molecule has 0 spiro atoms. The maximum absolute atomic E-state index is 10.0. The molecule has 0 amide bonds. The molecule has 0 aliphatic heterocycles. The number of aromatic hydroxyl groups is 1. The van der Waals surface area contributed by atoms with Crippen molar-refractivity contribution in [3.63, 3.8) is 0 Å². The summed E-state index contributed by atoms with van der Waals surface area (Å²) < 4.78 is 0. The molecular weight excluding hydrogens is 288 g/mol. The van der Waals surface area contributed by atoms with Crippen LogP contribution in [0, 0.1) is 0 Å². The summed E-state index contributed by atoms with van der Waals surface area (Å²) in [5.74, 6) is 1.45. The van der Waals surface area contributed by atoms with Gasteiger partial charge in [-0.2, -0.15) is 0 Å². The fourth-order valence-corrected chi connectivity index (χ4v) is 3.05. The Morgan fingerprint density at radius 2 is 1.78 bits per heavy atom. The number of nitrogen functional groups attached to an aromatic ring is 1. The number of aromatic nitrogens is 3. The van der Waals surface area contributed by atoms with Crippen LogP contribution in [0.4, 0.5) is 5.82 Å². The molecule has 3 N–H and O–H groups in total. The van der Waals surface area contributed by atoms with Crippen LogP contribution in [0.25, 0.3) is 11.3 Å². The van der Waals surface area contributed by atoms with Crippen molar-refractivity contribution >= 4 is 5.82 Å². The van der Waals surface area contributed by atoms with Crippen molar-refractivity contribution in [1.82, 2.24) is 15.2 Å². The summed E-state index contributed by atoms with van der Waals surface area (Å²) in [6, 6.07) is 13.1. The van der Waals surface area contributed by atoms with Crippen LogP contribution in [-0.2, 0) is 0 Å². The standard InChI is InChI=1S/C18H16N4O/c19-18-15(14-9-13(14)11-5-7-20-8-6-11)10-16(21-22-18)12-3-1-2-4-17(12)23/h1-8,10,13-14,23H,9H2,(H2,19,22). The molecule has 0 radical (unpaired) electrons. The lowest BCUT2D eigenvalue weighted by molar-refractivity contribution is 0.477. The quantitative estimate of drug-likeness (QED) is 0.776. The van der Waals surface area contributed by atoms with Gasteiger partial charge in [0.05, 0.1) is 5.69 Å². The van der Waals surface area contributed by atoms with Crippen LogP contribution in [0.1, 0.15) is 29.4 Å². The van der Waals surface area contributed by atoms with E-state index < -0.39 is 0 Å². The van der Waals surface area contributed by atoms with Gasteiger partial charge in [0.2, 0.25) is 0 Å². The van der Waals surface area contributed by atoms with Gasteiger partial charge in [-0.05, 0) is 54.2 Å². The number of phenolic OH excluding ortho intramolecular Hbond substituents is 1. The van der Waals surface area contributed by atoms with Gasteiger partial charge in [-0.25, -0.2) is 0 Å². The highest BCUT2D eigenvalue weighted by atomic mass is 16.3. The summed E-state index contributed by atoms with van der Waals surface area (Å²) in [7, 11) is 0. The van der Waals surface area contributed by atoms with Gasteiger partial charge in [-0.15, -0.1) is 10.2 Å². The average molecular weight is 304 g/mol. The number of hydrogen-bond donors (Lipinski definition) is 2. The van der Waals surface area contributed by atoms with Crippen molar-refractivity contribution in [3.05, 3.63) is 66.0 Å². The summed E-state index contributed by atoms with van der Waals surface area (Å²) in [4.78, 5) is 4.06. The highest BCUT2D eigenvalue weighted by Gasteiger charge is 2.41. The summed E-state index contributed by atoms with van der Waals surface area (Å²) in [5.41, 5.74) is 9.62. The molecule has 1 saturated carbocycles. The molecule has 5 nitrogen and oxygen atoms in total. The molecule has 2 unspecified atom stereocenters. The molecule has 2 heterocycles. The van der Waals surface area contributed by atoms with Gasteiger partial charge < -0.3 is 10.8 Å². The van der Waals surface area contributed by atoms with Gasteiger partial charge in [0.15, 0.2) is 0 Å². The molecular formula is C18H16N4O. The number of hydrogen-bond acceptors (Lipinski definition) is 5. The highest BCUT2D eigenvalue weighted by molar-refractivity contribution is 5.68. The first kappa shape index (κ1) is 13.7. The largest absolute Gasteiger partial charge is 0.507 e. The first-order chi connectivity index (χ1) is 11.2. The van der Waals surface area contributed by atoms with Crippen LogP contribution in [0.15, 0.2) is 54.9 Å². The van der Waals surface area contributed by atoms with Gasteiger partial charge in [-0.1, -0.05) is 12.1 Å². The molecule has 1 aliphatic rings. The van der Waals surface area contributed by atoms with Crippen molar-refractivity contribution in [1.29, 1.82) is 0 Å². The monoisotopic (exact) mass is 304 g/mol. The fourth-order valence-electron chi connectivity index (χ4n) is 3.05. The zero-order chi connectivity index (χ0) is 15.8. The topological polar surface area (TPSA) is 84.9 Å². The van der Waals surface area contributed by atoms with Crippen LogP contribution >= 0.6 is 0 Å². The summed E-state index contributed by atoms with van der Waals surface area (Å²) >= 11 is 0. The van der Waals surface area contributed by atoms with Crippen molar-refractivity contribution in [2.75, 3.05) is 5.73 Å². The third kappa shape index (κ3) is 2.50. The predicted molar refractivity (Wildman–Crippen MR) is 87.9 cm³/mol. The van der Waals surface area contributed by atoms with Gasteiger partial charge in [0.1, 0.15) is 11.6 Å². The molecule has 0 bridgehead atoms. The SMILES string of the molecule is Nc1nnc(-c2ccccc2O)cc1C1CC1c1ccncc1. The number of pyridine rings is 1. The van der Waals surface area contributed by atoms with Crippen LogP contribution in [0.3, 0.4) is 0 Å². The lowest BCUT2D eigenvalue weighted by Crippen LogP contribution is -2.01. The van der Waals surface area contributed by atoms with Crippen molar-refractivity contribution < 1.29 is 5.11 Å². The zero-order valence-electron chi connectivity index (χ0n) is 12.4. The fraction of sp³-hybridized carbons (Fsp3) is 0.167. The van der Waals surface area contributed by atoms with Gasteiger partial charge in [0, 0.05) is 23.5 Å². The third-order valence-corrected chi connectivity index (χ3v) is 4.36. The van der Waals surface area contributed by atoms with Crippen LogP contribution in [0.5, 0.6) is 5.75 Å². The van der Waals surface area contributed by atoms with Crippen LogP contribution < -0.4 is 5.73 Å². The van der Waals surface area contributed by atoms with Crippen molar-refractivity contribution in [3.8, 4) is 17.0 Å². The second kappa shape index (κ2) is 5.35. The van der Waals surface area contributed by atoms with Crippen molar-refractivity contribution in [2.24, 2.45) is 0 Å². The van der Waals surface area contributed by atoms with Gasteiger partial charge >= 0.3 is 0 Å². The van der Waals surface area contributed by atoms with E-state index in [2.05, 4.69) is 15.2 Å². The Balaban J connectivity index is 1.68. The Bertz CT molecular complexity index is 851. The number of para-hydroxylation sites is 1. The number of benzene rings is 1. The van der Waals surface area contributed by atoms with E-state index in [0.29, 0.717) is 28.9 Å². The predicted octanol–water partition coefficient (Wildman–Crippen LogP) is 3.10. The van der Waals surface area contributed by atoms with E-state index in [0.717, 1.165) is 12.0 Å². The summed E-state index contributed by atoms with van der Waals surface area (Å²) in [6.45, 7) is 0. The number of rotatable bonds is 3. The van der Waals surface area contributed by atoms with E-state index in [9.17, 15) is 5.11 Å². The first-order valence-electron chi connectivity index (χ1n) is 7.55. The van der Waals surface area contributed by atoms with Crippen LogP contribution in [0.2, 0.25) is 0 Å². The first-order valence-corrected chi connectivity index (χ1v) is 7.55. The van der Waals surface area contributed by atoms with E-state index in [1.165, 1.54) is 5.56 Å². The molecule has 2 aromatic heterocycles. The zero-order valence-corrected chi connectivity index (χ0v) is 12.4. The van der Waals surface area contributed by atoms with Gasteiger partial charge in [-0.3, -0.25) is 4.98 Å². The molecule has 2 atom stereocenters. The molecule has 0 saturated heterocycles. The Morgan fingerprint density at radius 3 is 2.57 bits per heavy atom. The second-order valence-corrected chi connectivity index (χ2v) is 5.82. The lowest BCUT2D eigenvalue weighted by Gasteiger charge is -2.08. The molecule has 4 rings (SSSR count). The molecule has 3 aromatic rings. The molecule has 23 heavy (non-hydrogen) atoms. The maximum Gasteiger partial charge on any atom is 0.149 e. The molecule has 114 valence electrons. The van der Waals surface area contributed by atoms with E-state index in [1.54, 1.807) is 12.1 Å². The minimum Gasteiger partial charge on any atom is -0.507 e. The minimum atomic E-state index is 0.194.